The molecule has 0 aromatic heterocycles. The van der Waals surface area contributed by atoms with Crippen LogP contribution >= 0.6 is 11.6 Å². The molecule has 0 unspecified atom stereocenters. The zero-order chi connectivity index (χ0) is 19.9. The lowest BCUT2D eigenvalue weighted by Gasteiger charge is -2.17. The van der Waals surface area contributed by atoms with Crippen molar-refractivity contribution >= 4 is 39.1 Å². The molecular weight excluding hydrogens is 390 g/mol. The van der Waals surface area contributed by atoms with Gasteiger partial charge in [-0.3, -0.25) is 9.59 Å². The van der Waals surface area contributed by atoms with E-state index in [-0.39, 0.29) is 36.2 Å². The summed E-state index contributed by atoms with van der Waals surface area (Å²) in [6, 6.07) is 14.5. The average molecular weight is 410 g/mol. The molecule has 0 radical (unpaired) electrons. The number of nitrogens with one attached hydrogen (secondary N) is 2. The second-order valence-electron chi connectivity index (χ2n) is 5.77. The number of sulfonamides is 1. The van der Waals surface area contributed by atoms with Gasteiger partial charge in [-0.05, 0) is 36.4 Å². The van der Waals surface area contributed by atoms with Crippen molar-refractivity contribution in [1.29, 1.82) is 0 Å². The van der Waals surface area contributed by atoms with E-state index in [1.165, 1.54) is 24.1 Å². The van der Waals surface area contributed by atoms with E-state index in [9.17, 15) is 18.0 Å². The molecule has 0 saturated carbocycles. The van der Waals surface area contributed by atoms with Crippen molar-refractivity contribution < 1.29 is 18.0 Å². The number of carbonyl (C=O) groups is 2. The van der Waals surface area contributed by atoms with Gasteiger partial charge in [0.2, 0.25) is 21.8 Å². The largest absolute Gasteiger partial charge is 0.336 e. The number of rotatable bonds is 8. The minimum absolute atomic E-state index is 0.0563. The minimum Gasteiger partial charge on any atom is -0.336 e. The quantitative estimate of drug-likeness (QED) is 0.697. The summed E-state index contributed by atoms with van der Waals surface area (Å²) >= 11 is 5.78. The van der Waals surface area contributed by atoms with Gasteiger partial charge in [0.25, 0.3) is 0 Å². The van der Waals surface area contributed by atoms with Gasteiger partial charge in [0.15, 0.2) is 0 Å². The van der Waals surface area contributed by atoms with Gasteiger partial charge in [-0.15, -0.1) is 0 Å². The Balaban J connectivity index is 1.78. The number of anilines is 1. The maximum atomic E-state index is 12.1. The third-order valence-electron chi connectivity index (χ3n) is 3.62. The van der Waals surface area contributed by atoms with Crippen LogP contribution in [0.5, 0.6) is 0 Å². The molecule has 0 spiro atoms. The minimum atomic E-state index is -3.66. The zero-order valence-electron chi connectivity index (χ0n) is 14.7. The topological polar surface area (TPSA) is 95.6 Å². The van der Waals surface area contributed by atoms with Gasteiger partial charge in [-0.2, -0.15) is 0 Å². The molecule has 0 aliphatic carbocycles. The summed E-state index contributed by atoms with van der Waals surface area (Å²) in [5.74, 6) is -0.713. The molecule has 0 atom stereocenters. The Kier molecular flexibility index (Phi) is 7.35. The van der Waals surface area contributed by atoms with E-state index >= 15 is 0 Å². The number of amides is 2. The smallest absolute Gasteiger partial charge is 0.243 e. The Morgan fingerprint density at radius 2 is 1.67 bits per heavy atom. The third-order valence-corrected chi connectivity index (χ3v) is 5.35. The molecule has 27 heavy (non-hydrogen) atoms. The predicted octanol–water partition coefficient (Wildman–Crippen LogP) is 2.11. The molecule has 2 aromatic carbocycles. The van der Waals surface area contributed by atoms with Gasteiger partial charge in [0.05, 0.1) is 11.4 Å². The normalized spacial score (nSPS) is 11.0. The highest BCUT2D eigenvalue weighted by atomic mass is 35.5. The van der Waals surface area contributed by atoms with Crippen LogP contribution < -0.4 is 10.0 Å². The van der Waals surface area contributed by atoms with Crippen LogP contribution in [0.25, 0.3) is 0 Å². The van der Waals surface area contributed by atoms with Crippen LogP contribution in [0, 0.1) is 0 Å². The fraction of sp³-hybridized carbons (Fsp3) is 0.222. The Morgan fingerprint density at radius 3 is 2.30 bits per heavy atom. The van der Waals surface area contributed by atoms with E-state index in [1.54, 1.807) is 42.5 Å². The number of carbonyl (C=O) groups excluding carboxylic acids is 2. The van der Waals surface area contributed by atoms with Gasteiger partial charge in [-0.1, -0.05) is 29.8 Å². The Hall–Kier alpha value is -2.42. The molecule has 2 aromatic rings. The second-order valence-corrected chi connectivity index (χ2v) is 7.97. The molecule has 0 bridgehead atoms. The standard InChI is InChI=1S/C18H20ClN3O4S/c1-22(13-17(23)21-15-9-7-14(19)8-10-15)18(24)11-12-20-27(25,26)16-5-3-2-4-6-16/h2-10,20H,11-13H2,1H3,(H,21,23). The van der Waals surface area contributed by atoms with Crippen molar-refractivity contribution in [2.45, 2.75) is 11.3 Å². The summed E-state index contributed by atoms with van der Waals surface area (Å²) in [5.41, 5.74) is 0.570. The van der Waals surface area contributed by atoms with Crippen LogP contribution in [0.3, 0.4) is 0 Å². The number of likely N-dealkylation sites (N-methyl/N-ethyl adjacent to an activating group) is 1. The van der Waals surface area contributed by atoms with Crippen molar-refractivity contribution in [2.24, 2.45) is 0 Å². The fourth-order valence-corrected chi connectivity index (χ4v) is 3.38. The van der Waals surface area contributed by atoms with Gasteiger partial charge in [0, 0.05) is 30.7 Å². The Labute approximate surface area is 163 Å². The number of nitrogens with zero attached hydrogens (tertiary/aromatic N) is 1. The highest BCUT2D eigenvalue weighted by Gasteiger charge is 2.16. The number of hydrogen-bond donors (Lipinski definition) is 2. The first-order chi connectivity index (χ1) is 12.8. The fourth-order valence-electron chi connectivity index (χ4n) is 2.20. The lowest BCUT2D eigenvalue weighted by molar-refractivity contribution is -0.133. The average Bonchev–Trinajstić information content (AvgIpc) is 2.64. The van der Waals surface area contributed by atoms with Crippen molar-refractivity contribution in [3.05, 3.63) is 59.6 Å². The first kappa shape index (κ1) is 20.9. The molecule has 0 fully saturated rings. The highest BCUT2D eigenvalue weighted by Crippen LogP contribution is 2.13. The summed E-state index contributed by atoms with van der Waals surface area (Å²) in [5, 5.41) is 3.21. The van der Waals surface area contributed by atoms with Crippen LogP contribution in [-0.2, 0) is 19.6 Å². The first-order valence-electron chi connectivity index (χ1n) is 8.12. The summed E-state index contributed by atoms with van der Waals surface area (Å²) < 4.78 is 26.5. The molecule has 0 aliphatic rings. The molecule has 0 aliphatic heterocycles. The molecular formula is C18H20ClN3O4S. The van der Waals surface area contributed by atoms with E-state index in [4.69, 9.17) is 11.6 Å². The van der Waals surface area contributed by atoms with Crippen LogP contribution in [-0.4, -0.2) is 45.3 Å². The van der Waals surface area contributed by atoms with E-state index in [2.05, 4.69) is 10.0 Å². The number of halogens is 1. The van der Waals surface area contributed by atoms with Gasteiger partial charge < -0.3 is 10.2 Å². The molecule has 9 heteroatoms. The van der Waals surface area contributed by atoms with Gasteiger partial charge in [-0.25, -0.2) is 13.1 Å². The second kappa shape index (κ2) is 9.50. The molecule has 7 nitrogen and oxygen atoms in total. The van der Waals surface area contributed by atoms with E-state index < -0.39 is 10.0 Å². The van der Waals surface area contributed by atoms with Crippen molar-refractivity contribution in [3.8, 4) is 0 Å². The van der Waals surface area contributed by atoms with Crippen LogP contribution in [0.15, 0.2) is 59.5 Å². The summed E-state index contributed by atoms with van der Waals surface area (Å²) in [6.07, 6.45) is -0.0587. The monoisotopic (exact) mass is 409 g/mol. The Bertz CT molecular complexity index is 887. The van der Waals surface area contributed by atoms with E-state index in [1.807, 2.05) is 0 Å². The third kappa shape index (κ3) is 6.67. The maximum Gasteiger partial charge on any atom is 0.243 e. The highest BCUT2D eigenvalue weighted by molar-refractivity contribution is 7.89. The van der Waals surface area contributed by atoms with Crippen molar-refractivity contribution in [3.63, 3.8) is 0 Å². The van der Waals surface area contributed by atoms with Crippen LogP contribution in [0.4, 0.5) is 5.69 Å². The molecule has 2 amide bonds. The van der Waals surface area contributed by atoms with Crippen molar-refractivity contribution in [2.75, 3.05) is 25.5 Å². The summed E-state index contributed by atoms with van der Waals surface area (Å²) in [4.78, 5) is 25.4. The molecule has 0 heterocycles. The summed E-state index contributed by atoms with van der Waals surface area (Å²) in [6.45, 7) is -0.202. The Morgan fingerprint density at radius 1 is 1.04 bits per heavy atom. The van der Waals surface area contributed by atoms with Crippen LogP contribution in [0.2, 0.25) is 5.02 Å². The summed E-state index contributed by atoms with van der Waals surface area (Å²) in [7, 11) is -2.18. The molecule has 0 saturated heterocycles. The van der Waals surface area contributed by atoms with E-state index in [0.29, 0.717) is 10.7 Å². The first-order valence-corrected chi connectivity index (χ1v) is 9.98. The SMILES string of the molecule is CN(CC(=O)Nc1ccc(Cl)cc1)C(=O)CCNS(=O)(=O)c1ccccc1. The maximum absolute atomic E-state index is 12.1. The lowest BCUT2D eigenvalue weighted by atomic mass is 10.3. The number of benzene rings is 2. The lowest BCUT2D eigenvalue weighted by Crippen LogP contribution is -2.37. The predicted molar refractivity (Wildman–Crippen MR) is 104 cm³/mol. The van der Waals surface area contributed by atoms with Crippen LogP contribution in [0.1, 0.15) is 6.42 Å². The molecule has 2 rings (SSSR count). The van der Waals surface area contributed by atoms with Crippen molar-refractivity contribution in [1.82, 2.24) is 9.62 Å². The van der Waals surface area contributed by atoms with Gasteiger partial charge >= 0.3 is 0 Å². The molecule has 2 N–H and O–H groups in total. The molecule has 144 valence electrons. The van der Waals surface area contributed by atoms with Gasteiger partial charge in [0.1, 0.15) is 0 Å². The number of hydrogen-bond acceptors (Lipinski definition) is 4. The van der Waals surface area contributed by atoms with E-state index in [0.717, 1.165) is 0 Å². The zero-order valence-corrected chi connectivity index (χ0v) is 16.3.